The minimum atomic E-state index is 1.63. The van der Waals surface area contributed by atoms with Crippen LogP contribution in [0.3, 0.4) is 0 Å². The van der Waals surface area contributed by atoms with Crippen LogP contribution in [-0.4, -0.2) is 11.8 Å². The SMILES string of the molecule is P=CNC=P. The molecular formula is C2H5NP2. The standard InChI is InChI=1S/C2H5NP2/c4-1-3-2-5/h1-5H. The van der Waals surface area contributed by atoms with Gasteiger partial charge in [0, 0.05) is 11.8 Å². The largest absolute Gasteiger partial charge is 0.265 e. The van der Waals surface area contributed by atoms with E-state index in [0.717, 1.165) is 0 Å². The van der Waals surface area contributed by atoms with Crippen molar-refractivity contribution in [3.05, 3.63) is 0 Å². The van der Waals surface area contributed by atoms with Crippen LogP contribution >= 0.6 is 17.7 Å². The maximum absolute atomic E-state index is 3.05. The molecule has 0 aromatic rings. The first-order valence-electron chi connectivity index (χ1n) is 1.15. The molecule has 3 heteroatoms. The number of nitrogens with one attached hydrogen (secondary N) is 1. The van der Waals surface area contributed by atoms with Crippen LogP contribution in [-0.2, 0) is 0 Å². The molecule has 0 aromatic carbocycles. The summed E-state index contributed by atoms with van der Waals surface area (Å²) in [5, 5.41) is 2.69. The molecule has 1 nitrogen and oxygen atoms in total. The summed E-state index contributed by atoms with van der Waals surface area (Å²) in [5.74, 6) is 3.26. The van der Waals surface area contributed by atoms with E-state index in [0.29, 0.717) is 0 Å². The van der Waals surface area contributed by atoms with E-state index in [4.69, 9.17) is 0 Å². The van der Waals surface area contributed by atoms with Crippen LogP contribution in [0.1, 0.15) is 0 Å². The highest BCUT2D eigenvalue weighted by Gasteiger charge is 1.47. The van der Waals surface area contributed by atoms with E-state index in [-0.39, 0.29) is 0 Å². The Morgan fingerprint density at radius 2 is 1.60 bits per heavy atom. The summed E-state index contributed by atoms with van der Waals surface area (Å²) in [6.07, 6.45) is 0. The third kappa shape index (κ3) is 4.30. The zero-order chi connectivity index (χ0) is 4.12. The van der Waals surface area contributed by atoms with Crippen molar-refractivity contribution < 1.29 is 0 Å². The van der Waals surface area contributed by atoms with Crippen molar-refractivity contribution in [1.82, 2.24) is 5.32 Å². The fraction of sp³-hybridized carbons (Fsp3) is 0. The second-order valence-corrected chi connectivity index (χ2v) is 1.03. The maximum atomic E-state index is 3.05. The third-order valence-electron chi connectivity index (χ3n) is 0.167. The van der Waals surface area contributed by atoms with Crippen molar-refractivity contribution in [2.75, 3.05) is 0 Å². The first-order valence-corrected chi connectivity index (χ1v) is 2.31. The summed E-state index contributed by atoms with van der Waals surface area (Å²) < 4.78 is 0. The van der Waals surface area contributed by atoms with E-state index < -0.39 is 0 Å². The van der Waals surface area contributed by atoms with Crippen molar-refractivity contribution in [2.45, 2.75) is 0 Å². The lowest BCUT2D eigenvalue weighted by Crippen LogP contribution is -2.00. The first-order chi connectivity index (χ1) is 2.41. The molecule has 5 heavy (non-hydrogen) atoms. The van der Waals surface area contributed by atoms with Gasteiger partial charge in [-0.3, -0.25) is 5.32 Å². The van der Waals surface area contributed by atoms with Gasteiger partial charge in [-0.1, -0.05) is 0 Å². The average molecular weight is 105 g/mol. The van der Waals surface area contributed by atoms with Gasteiger partial charge in [0.05, 0.1) is 0 Å². The summed E-state index contributed by atoms with van der Waals surface area (Å²) in [4.78, 5) is 0. The zero-order valence-corrected chi connectivity index (χ0v) is 4.65. The zero-order valence-electron chi connectivity index (χ0n) is 2.65. The normalized spacial score (nSPS) is 6.40. The molecule has 0 spiro atoms. The van der Waals surface area contributed by atoms with Crippen LogP contribution in [0.4, 0.5) is 0 Å². The monoisotopic (exact) mass is 105 g/mol. The lowest BCUT2D eigenvalue weighted by Gasteiger charge is -1.70. The van der Waals surface area contributed by atoms with Crippen LogP contribution in [0.5, 0.6) is 0 Å². The molecule has 0 heterocycles. The van der Waals surface area contributed by atoms with Crippen LogP contribution in [0.25, 0.3) is 0 Å². The summed E-state index contributed by atoms with van der Waals surface area (Å²) in [7, 11) is 6.10. The molecule has 0 atom stereocenters. The van der Waals surface area contributed by atoms with Gasteiger partial charge in [-0.25, -0.2) is 0 Å². The third-order valence-corrected chi connectivity index (χ3v) is 0.500. The lowest BCUT2D eigenvalue weighted by molar-refractivity contribution is 1.57. The molecule has 28 valence electrons. The Hall–Kier alpha value is 0.300. The molecule has 0 unspecified atom stereocenters. The van der Waals surface area contributed by atoms with Crippen LogP contribution in [0.2, 0.25) is 0 Å². The molecule has 0 aromatic heterocycles. The lowest BCUT2D eigenvalue weighted by atomic mass is 11.3. The van der Waals surface area contributed by atoms with E-state index in [2.05, 4.69) is 23.0 Å². The van der Waals surface area contributed by atoms with Gasteiger partial charge < -0.3 is 0 Å². The van der Waals surface area contributed by atoms with Gasteiger partial charge in [0.25, 0.3) is 0 Å². The van der Waals surface area contributed by atoms with E-state index in [1.165, 1.54) is 0 Å². The van der Waals surface area contributed by atoms with Crippen molar-refractivity contribution in [1.29, 1.82) is 0 Å². The van der Waals surface area contributed by atoms with Crippen LogP contribution in [0, 0.1) is 0 Å². The number of hydrogen-bond donors (Lipinski definition) is 1. The summed E-state index contributed by atoms with van der Waals surface area (Å²) >= 11 is 0. The van der Waals surface area contributed by atoms with Crippen molar-refractivity contribution >= 4 is 29.6 Å². The van der Waals surface area contributed by atoms with Crippen LogP contribution < -0.4 is 5.32 Å². The maximum Gasteiger partial charge on any atom is 0.00175 e. The molecule has 0 aliphatic rings. The Morgan fingerprint density at radius 3 is 1.60 bits per heavy atom. The molecular weight excluding hydrogens is 100.0 g/mol. The Morgan fingerprint density at radius 1 is 1.20 bits per heavy atom. The highest BCUT2D eigenvalue weighted by atomic mass is 31.0. The van der Waals surface area contributed by atoms with Gasteiger partial charge in [-0.05, 0) is 0 Å². The van der Waals surface area contributed by atoms with Crippen LogP contribution in [0.15, 0.2) is 0 Å². The van der Waals surface area contributed by atoms with E-state index in [1.807, 2.05) is 0 Å². The molecule has 0 amide bonds. The number of hydrogen-bond acceptors (Lipinski definition) is 0. The molecule has 0 bridgehead atoms. The Bertz CT molecular complexity index is 36.9. The van der Waals surface area contributed by atoms with Gasteiger partial charge in [0.1, 0.15) is 0 Å². The topological polar surface area (TPSA) is 12.0 Å². The smallest absolute Gasteiger partial charge is 0.00175 e. The quantitative estimate of drug-likeness (QED) is 0.500. The van der Waals surface area contributed by atoms with E-state index in [1.54, 1.807) is 11.8 Å². The molecule has 0 saturated carbocycles. The summed E-state index contributed by atoms with van der Waals surface area (Å²) in [5.41, 5.74) is 0. The summed E-state index contributed by atoms with van der Waals surface area (Å²) in [6, 6.07) is 0. The Kier molecular flexibility index (Phi) is 4.56. The van der Waals surface area contributed by atoms with Gasteiger partial charge in [0.2, 0.25) is 0 Å². The molecule has 0 radical (unpaired) electrons. The molecule has 0 saturated heterocycles. The highest BCUT2D eigenvalue weighted by molar-refractivity contribution is 7.20. The van der Waals surface area contributed by atoms with Gasteiger partial charge in [0.15, 0.2) is 0 Å². The van der Waals surface area contributed by atoms with Gasteiger partial charge in [-0.15, -0.1) is 17.7 Å². The van der Waals surface area contributed by atoms with Gasteiger partial charge >= 0.3 is 0 Å². The molecule has 1 N–H and O–H groups in total. The average Bonchev–Trinajstić information content (AvgIpc) is 1.41. The Labute approximate surface area is 35.8 Å². The molecule has 0 rings (SSSR count). The predicted octanol–water partition coefficient (Wildman–Crippen LogP) is 0.381. The summed E-state index contributed by atoms with van der Waals surface area (Å²) in [6.45, 7) is 0. The fourth-order valence-electron chi connectivity index (χ4n) is 0.0417. The van der Waals surface area contributed by atoms with Crippen molar-refractivity contribution in [2.24, 2.45) is 0 Å². The fourth-order valence-corrected chi connectivity index (χ4v) is 0.375. The van der Waals surface area contributed by atoms with Crippen molar-refractivity contribution in [3.63, 3.8) is 0 Å². The van der Waals surface area contributed by atoms with E-state index in [9.17, 15) is 0 Å². The minimum Gasteiger partial charge on any atom is -0.265 e. The minimum absolute atomic E-state index is 1.63. The van der Waals surface area contributed by atoms with Crippen molar-refractivity contribution in [3.8, 4) is 0 Å². The second kappa shape index (κ2) is 4.30. The highest BCUT2D eigenvalue weighted by Crippen LogP contribution is 1.47. The first kappa shape index (κ1) is 5.30. The molecule has 0 aliphatic heterocycles. The van der Waals surface area contributed by atoms with Gasteiger partial charge in [-0.2, -0.15) is 0 Å². The predicted molar refractivity (Wildman–Crippen MR) is 31.9 cm³/mol. The Balaban J connectivity index is 2.65. The number of rotatable bonds is 2. The molecule has 0 fully saturated rings. The second-order valence-electron chi connectivity index (χ2n) is 0.455. The van der Waals surface area contributed by atoms with E-state index >= 15 is 0 Å². The molecule has 0 aliphatic carbocycles.